The van der Waals surface area contributed by atoms with E-state index in [9.17, 15) is 10.2 Å². The first-order chi connectivity index (χ1) is 15.1. The Balaban J connectivity index is 1.44. The van der Waals surface area contributed by atoms with E-state index in [4.69, 9.17) is 4.74 Å². The second-order valence-electron chi connectivity index (χ2n) is 15.3. The van der Waals surface area contributed by atoms with Gasteiger partial charge in [-0.25, -0.2) is 0 Å². The summed E-state index contributed by atoms with van der Waals surface area (Å²) in [4.78, 5) is 0. The molecule has 190 valence electrons. The minimum Gasteiger partial charge on any atom is -0.393 e. The van der Waals surface area contributed by atoms with Crippen molar-refractivity contribution in [2.24, 2.45) is 45.3 Å². The largest absolute Gasteiger partial charge is 0.393 e. The summed E-state index contributed by atoms with van der Waals surface area (Å²) in [5.41, 5.74) is 0.277. The standard InChI is InChI=1S/C30H52O3/c1-25(2)21-12-17-29(7)22(27(21,5)15-13-23(25)31)10-9-19-20(11-16-28(19,29)6)30(8)18-14-24(33-30)26(3,4)32/h19-24,31-32H,9-18H2,1-8H3/t19-,20+,21+,22-,23-,24?,27+,28-,29-,30+/m1/s1. The summed E-state index contributed by atoms with van der Waals surface area (Å²) in [5.74, 6) is 2.73. The number of hydrogen-bond acceptors (Lipinski definition) is 3. The van der Waals surface area contributed by atoms with E-state index in [-0.39, 0.29) is 23.2 Å². The van der Waals surface area contributed by atoms with Crippen LogP contribution in [0.3, 0.4) is 0 Å². The molecule has 1 aliphatic heterocycles. The van der Waals surface area contributed by atoms with Gasteiger partial charge >= 0.3 is 0 Å². The monoisotopic (exact) mass is 460 g/mol. The number of hydrogen-bond donors (Lipinski definition) is 2. The first-order valence-electron chi connectivity index (χ1n) is 14.2. The quantitative estimate of drug-likeness (QED) is 0.480. The Kier molecular flexibility index (Phi) is 5.38. The smallest absolute Gasteiger partial charge is 0.0865 e. The second-order valence-corrected chi connectivity index (χ2v) is 15.3. The molecule has 1 saturated heterocycles. The van der Waals surface area contributed by atoms with Gasteiger partial charge in [-0.05, 0) is 130 Å². The van der Waals surface area contributed by atoms with Crippen molar-refractivity contribution in [3.05, 3.63) is 0 Å². The Morgan fingerprint density at radius 2 is 1.36 bits per heavy atom. The van der Waals surface area contributed by atoms with Crippen LogP contribution in [0.2, 0.25) is 0 Å². The zero-order valence-electron chi connectivity index (χ0n) is 22.8. The van der Waals surface area contributed by atoms with Gasteiger partial charge < -0.3 is 14.9 Å². The van der Waals surface area contributed by atoms with Crippen molar-refractivity contribution >= 4 is 0 Å². The van der Waals surface area contributed by atoms with Gasteiger partial charge in [-0.15, -0.1) is 0 Å². The van der Waals surface area contributed by atoms with E-state index in [0.29, 0.717) is 28.1 Å². The average Bonchev–Trinajstić information content (AvgIpc) is 3.27. The third-order valence-electron chi connectivity index (χ3n) is 13.3. The van der Waals surface area contributed by atoms with E-state index in [1.807, 2.05) is 13.8 Å². The van der Waals surface area contributed by atoms with Gasteiger partial charge in [-0.2, -0.15) is 0 Å². The van der Waals surface area contributed by atoms with Crippen LogP contribution in [0.25, 0.3) is 0 Å². The third kappa shape index (κ3) is 3.16. The van der Waals surface area contributed by atoms with Crippen molar-refractivity contribution in [1.82, 2.24) is 0 Å². The van der Waals surface area contributed by atoms with Gasteiger partial charge in [0.1, 0.15) is 0 Å². The molecule has 0 aromatic heterocycles. The number of aliphatic hydroxyl groups excluding tert-OH is 1. The molecule has 1 unspecified atom stereocenters. The lowest BCUT2D eigenvalue weighted by atomic mass is 9.35. The molecular formula is C30H52O3. The number of rotatable bonds is 2. The molecule has 1 heterocycles. The van der Waals surface area contributed by atoms with Crippen LogP contribution in [-0.2, 0) is 4.74 Å². The normalized spacial score (nSPS) is 56.2. The van der Waals surface area contributed by atoms with Crippen molar-refractivity contribution in [1.29, 1.82) is 0 Å². The van der Waals surface area contributed by atoms with Crippen LogP contribution in [0, 0.1) is 45.3 Å². The molecule has 0 aromatic carbocycles. The van der Waals surface area contributed by atoms with Crippen molar-refractivity contribution in [2.45, 2.75) is 143 Å². The molecule has 33 heavy (non-hydrogen) atoms. The molecule has 10 atom stereocenters. The predicted molar refractivity (Wildman–Crippen MR) is 134 cm³/mol. The van der Waals surface area contributed by atoms with Crippen LogP contribution in [0.4, 0.5) is 0 Å². The highest BCUT2D eigenvalue weighted by Gasteiger charge is 2.70. The SMILES string of the molecule is CC(C)(O)C1CC[C@@](C)([C@H]2CC[C@]3(C)[C@@H]2CC[C@@H]2[C@@]4(C)CC[C@@H](O)C(C)(C)[C@@H]4CC[C@]23C)O1. The summed E-state index contributed by atoms with van der Waals surface area (Å²) < 4.78 is 6.73. The van der Waals surface area contributed by atoms with Crippen molar-refractivity contribution in [3.8, 4) is 0 Å². The Hall–Kier alpha value is -0.120. The van der Waals surface area contributed by atoms with Gasteiger partial charge in [0, 0.05) is 0 Å². The molecule has 2 N–H and O–H groups in total. The summed E-state index contributed by atoms with van der Waals surface area (Å²) in [6, 6.07) is 0. The van der Waals surface area contributed by atoms with Crippen LogP contribution in [0.5, 0.6) is 0 Å². The molecule has 0 aromatic rings. The highest BCUT2D eigenvalue weighted by molar-refractivity contribution is 5.18. The lowest BCUT2D eigenvalue weighted by Crippen LogP contribution is -2.64. The van der Waals surface area contributed by atoms with E-state index >= 15 is 0 Å². The second kappa shape index (κ2) is 7.22. The first-order valence-corrected chi connectivity index (χ1v) is 14.2. The fourth-order valence-electron chi connectivity index (χ4n) is 11.1. The van der Waals surface area contributed by atoms with E-state index in [1.54, 1.807) is 0 Å². The highest BCUT2D eigenvalue weighted by Crippen LogP contribution is 2.76. The van der Waals surface area contributed by atoms with Gasteiger partial charge in [-0.1, -0.05) is 34.6 Å². The highest BCUT2D eigenvalue weighted by atomic mass is 16.5. The van der Waals surface area contributed by atoms with Crippen LogP contribution in [0.1, 0.15) is 120 Å². The van der Waals surface area contributed by atoms with Gasteiger partial charge in [0.25, 0.3) is 0 Å². The van der Waals surface area contributed by atoms with E-state index in [2.05, 4.69) is 41.5 Å². The summed E-state index contributed by atoms with van der Waals surface area (Å²) in [5, 5.41) is 21.5. The topological polar surface area (TPSA) is 49.7 Å². The number of ether oxygens (including phenoxy) is 1. The molecule has 5 aliphatic rings. The van der Waals surface area contributed by atoms with Crippen LogP contribution in [0.15, 0.2) is 0 Å². The molecule has 4 saturated carbocycles. The molecule has 5 fully saturated rings. The molecule has 3 heteroatoms. The lowest BCUT2D eigenvalue weighted by molar-refractivity contribution is -0.227. The molecule has 4 aliphatic carbocycles. The Bertz CT molecular complexity index is 784. The zero-order chi connectivity index (χ0) is 24.2. The fourth-order valence-corrected chi connectivity index (χ4v) is 11.1. The van der Waals surface area contributed by atoms with Crippen LogP contribution >= 0.6 is 0 Å². The van der Waals surface area contributed by atoms with Gasteiger partial charge in [-0.3, -0.25) is 0 Å². The zero-order valence-corrected chi connectivity index (χ0v) is 22.8. The van der Waals surface area contributed by atoms with Crippen molar-refractivity contribution in [2.75, 3.05) is 0 Å². The lowest BCUT2D eigenvalue weighted by Gasteiger charge is -2.70. The first kappa shape index (κ1) is 24.6. The van der Waals surface area contributed by atoms with Gasteiger partial charge in [0.05, 0.1) is 23.4 Å². The van der Waals surface area contributed by atoms with E-state index < -0.39 is 5.60 Å². The molecule has 0 bridgehead atoms. The molecule has 5 rings (SSSR count). The fraction of sp³-hybridized carbons (Fsp3) is 1.00. The maximum Gasteiger partial charge on any atom is 0.0865 e. The van der Waals surface area contributed by atoms with E-state index in [1.165, 1.54) is 44.9 Å². The minimum atomic E-state index is -0.755. The minimum absolute atomic E-state index is 0.0293. The molecule has 0 amide bonds. The average molecular weight is 461 g/mol. The number of fused-ring (bicyclic) bond motifs is 5. The maximum absolute atomic E-state index is 10.9. The third-order valence-corrected chi connectivity index (χ3v) is 13.3. The van der Waals surface area contributed by atoms with Crippen molar-refractivity contribution in [3.63, 3.8) is 0 Å². The summed E-state index contributed by atoms with van der Waals surface area (Å²) in [6.45, 7) is 18.8. The Labute approximate surface area is 203 Å². The summed E-state index contributed by atoms with van der Waals surface area (Å²) >= 11 is 0. The molecular weight excluding hydrogens is 408 g/mol. The van der Waals surface area contributed by atoms with Crippen molar-refractivity contribution < 1.29 is 14.9 Å². The Morgan fingerprint density at radius 3 is 2.00 bits per heavy atom. The Morgan fingerprint density at radius 1 is 0.697 bits per heavy atom. The van der Waals surface area contributed by atoms with Gasteiger partial charge in [0.2, 0.25) is 0 Å². The molecule has 0 radical (unpaired) electrons. The number of aliphatic hydroxyl groups is 2. The van der Waals surface area contributed by atoms with Crippen LogP contribution in [-0.4, -0.2) is 33.6 Å². The maximum atomic E-state index is 10.9. The summed E-state index contributed by atoms with van der Waals surface area (Å²) in [6.07, 6.45) is 11.9. The molecule has 3 nitrogen and oxygen atoms in total. The van der Waals surface area contributed by atoms with Crippen LogP contribution < -0.4 is 0 Å². The predicted octanol–water partition coefficient (Wildman–Crippen LogP) is 6.74. The van der Waals surface area contributed by atoms with Gasteiger partial charge in [0.15, 0.2) is 0 Å². The summed E-state index contributed by atoms with van der Waals surface area (Å²) in [7, 11) is 0. The molecule has 0 spiro atoms. The van der Waals surface area contributed by atoms with E-state index in [0.717, 1.165) is 31.1 Å².